The standard InChI is InChI=1S/C30H29ClN6O4S2/c1-30(2)12-22-26(23(38)13-30)25(16-6-5-7-17(31)8-16)21(14-32)27(33)37(22)28-35-36-29(43-28)42-15-24(39)34-18-9-19(40-3)11-20(10-18)41-4/h5-11,25H,12-13,15,33H2,1-4H3,(H,34,39). The van der Waals surface area contributed by atoms with Gasteiger partial charge in [0.1, 0.15) is 17.3 Å². The van der Waals surface area contributed by atoms with E-state index in [1.54, 1.807) is 41.3 Å². The fourth-order valence-electron chi connectivity index (χ4n) is 5.30. The lowest BCUT2D eigenvalue weighted by molar-refractivity contribution is -0.118. The summed E-state index contributed by atoms with van der Waals surface area (Å²) >= 11 is 8.74. The van der Waals surface area contributed by atoms with Crippen LogP contribution in [0.15, 0.2) is 69.5 Å². The van der Waals surface area contributed by atoms with Crippen LogP contribution >= 0.6 is 34.7 Å². The molecule has 1 amide bonds. The number of Topliss-reactive ketones (excluding diaryl/α,β-unsaturated/α-hetero) is 1. The molecule has 0 fully saturated rings. The van der Waals surface area contributed by atoms with Crippen molar-refractivity contribution in [3.05, 3.63) is 75.7 Å². The number of carbonyl (C=O) groups excluding carboxylic acids is 2. The number of nitrogens with two attached hydrogens (primary N) is 1. The fourth-order valence-corrected chi connectivity index (χ4v) is 7.18. The van der Waals surface area contributed by atoms with Crippen molar-refractivity contribution in [3.8, 4) is 17.6 Å². The van der Waals surface area contributed by atoms with Crippen LogP contribution in [-0.4, -0.2) is 41.9 Å². The number of allylic oxidation sites excluding steroid dienone is 3. The van der Waals surface area contributed by atoms with Gasteiger partial charge in [-0.3, -0.25) is 14.5 Å². The summed E-state index contributed by atoms with van der Waals surface area (Å²) in [6, 6.07) is 14.5. The molecule has 0 radical (unpaired) electrons. The molecule has 3 aromatic rings. The Labute approximate surface area is 262 Å². The molecule has 13 heteroatoms. The lowest BCUT2D eigenvalue weighted by atomic mass is 9.69. The largest absolute Gasteiger partial charge is 0.497 e. The fraction of sp³-hybridized carbons (Fsp3) is 0.300. The number of nitriles is 1. The molecule has 0 bridgehead atoms. The second-order valence-corrected chi connectivity index (χ2v) is 13.4. The number of anilines is 2. The molecular weight excluding hydrogens is 608 g/mol. The maximum Gasteiger partial charge on any atom is 0.234 e. The van der Waals surface area contributed by atoms with Gasteiger partial charge in [-0.2, -0.15) is 5.26 Å². The van der Waals surface area contributed by atoms with E-state index in [4.69, 9.17) is 26.8 Å². The quantitative estimate of drug-likeness (QED) is 0.288. The minimum Gasteiger partial charge on any atom is -0.497 e. The molecule has 0 spiro atoms. The van der Waals surface area contributed by atoms with Crippen molar-refractivity contribution in [3.63, 3.8) is 0 Å². The highest BCUT2D eigenvalue weighted by atomic mass is 35.5. The molecular formula is C30H29ClN6O4S2. The lowest BCUT2D eigenvalue weighted by Gasteiger charge is -2.42. The number of benzene rings is 2. The smallest absolute Gasteiger partial charge is 0.234 e. The summed E-state index contributed by atoms with van der Waals surface area (Å²) in [5, 5.41) is 22.7. The summed E-state index contributed by atoms with van der Waals surface area (Å²) in [4.78, 5) is 28.1. The van der Waals surface area contributed by atoms with Crippen molar-refractivity contribution in [2.45, 2.75) is 36.9 Å². The van der Waals surface area contributed by atoms with Crippen LogP contribution in [0.5, 0.6) is 11.5 Å². The number of hydrogen-bond donors (Lipinski definition) is 2. The normalized spacial score (nSPS) is 17.8. The maximum absolute atomic E-state index is 13.7. The van der Waals surface area contributed by atoms with E-state index in [2.05, 4.69) is 21.6 Å². The van der Waals surface area contributed by atoms with E-state index in [0.29, 0.717) is 55.8 Å². The molecule has 2 heterocycles. The average Bonchev–Trinajstić information content (AvgIpc) is 3.43. The SMILES string of the molecule is COc1cc(NC(=O)CSc2nnc(N3C(N)=C(C#N)C(c4cccc(Cl)c4)C4=C3CC(C)(C)CC4=O)s2)cc(OC)c1. The number of carbonyl (C=O) groups is 2. The first-order chi connectivity index (χ1) is 20.5. The Hall–Kier alpha value is -4.05. The van der Waals surface area contributed by atoms with Crippen molar-refractivity contribution in [1.29, 1.82) is 5.26 Å². The molecule has 10 nitrogen and oxygen atoms in total. The first-order valence-corrected chi connectivity index (χ1v) is 15.4. The highest BCUT2D eigenvalue weighted by Gasteiger charge is 2.45. The first-order valence-electron chi connectivity index (χ1n) is 13.2. The van der Waals surface area contributed by atoms with Gasteiger partial charge in [-0.1, -0.05) is 60.7 Å². The number of nitrogens with one attached hydrogen (secondary N) is 1. The highest BCUT2D eigenvalue weighted by molar-refractivity contribution is 8.01. The Morgan fingerprint density at radius 1 is 1.21 bits per heavy atom. The van der Waals surface area contributed by atoms with E-state index >= 15 is 0 Å². The predicted octanol–water partition coefficient (Wildman–Crippen LogP) is 5.88. The van der Waals surface area contributed by atoms with E-state index in [9.17, 15) is 14.9 Å². The van der Waals surface area contributed by atoms with E-state index in [1.807, 2.05) is 19.9 Å². The molecule has 1 unspecified atom stereocenters. The summed E-state index contributed by atoms with van der Waals surface area (Å²) in [7, 11) is 3.07. The number of rotatable bonds is 8. The molecule has 1 aliphatic carbocycles. The van der Waals surface area contributed by atoms with Gasteiger partial charge in [0, 0.05) is 46.6 Å². The average molecular weight is 637 g/mol. The molecule has 1 aliphatic heterocycles. The van der Waals surface area contributed by atoms with Gasteiger partial charge in [0.05, 0.1) is 37.5 Å². The van der Waals surface area contributed by atoms with Gasteiger partial charge in [0.2, 0.25) is 11.0 Å². The number of aromatic nitrogens is 2. The molecule has 43 heavy (non-hydrogen) atoms. The number of halogens is 1. The van der Waals surface area contributed by atoms with Crippen LogP contribution in [0.25, 0.3) is 0 Å². The van der Waals surface area contributed by atoms with E-state index in [-0.39, 0.29) is 34.3 Å². The van der Waals surface area contributed by atoms with Crippen LogP contribution in [0, 0.1) is 16.7 Å². The van der Waals surface area contributed by atoms with Crippen LogP contribution in [0.1, 0.15) is 38.2 Å². The summed E-state index contributed by atoms with van der Waals surface area (Å²) < 4.78 is 11.1. The Morgan fingerprint density at radius 3 is 2.58 bits per heavy atom. The van der Waals surface area contributed by atoms with Crippen LogP contribution in [0.2, 0.25) is 5.02 Å². The van der Waals surface area contributed by atoms with Crippen molar-refractivity contribution < 1.29 is 19.1 Å². The van der Waals surface area contributed by atoms with Crippen molar-refractivity contribution in [1.82, 2.24) is 10.2 Å². The zero-order valence-electron chi connectivity index (χ0n) is 23.9. The van der Waals surface area contributed by atoms with Crippen LogP contribution in [0.3, 0.4) is 0 Å². The second-order valence-electron chi connectivity index (χ2n) is 10.8. The number of nitrogens with zero attached hydrogens (tertiary/aromatic N) is 4. The number of amides is 1. The number of ether oxygens (including phenoxy) is 2. The van der Waals surface area contributed by atoms with Gasteiger partial charge in [0.15, 0.2) is 10.1 Å². The van der Waals surface area contributed by atoms with Crippen molar-refractivity contribution in [2.24, 2.45) is 11.1 Å². The molecule has 0 saturated carbocycles. The van der Waals surface area contributed by atoms with Crippen LogP contribution in [0.4, 0.5) is 10.8 Å². The monoisotopic (exact) mass is 636 g/mol. The Morgan fingerprint density at radius 2 is 1.93 bits per heavy atom. The highest BCUT2D eigenvalue weighted by Crippen LogP contribution is 2.51. The molecule has 2 aliphatic rings. The Bertz CT molecular complexity index is 1690. The number of methoxy groups -OCH3 is 2. The van der Waals surface area contributed by atoms with Crippen LogP contribution < -0.4 is 25.4 Å². The maximum atomic E-state index is 13.7. The third-order valence-electron chi connectivity index (χ3n) is 7.11. The van der Waals surface area contributed by atoms with Crippen LogP contribution in [-0.2, 0) is 9.59 Å². The van der Waals surface area contributed by atoms with Gasteiger partial charge >= 0.3 is 0 Å². The third-order valence-corrected chi connectivity index (χ3v) is 9.39. The van der Waals surface area contributed by atoms with E-state index in [1.165, 1.54) is 37.3 Å². The summed E-state index contributed by atoms with van der Waals surface area (Å²) in [6.45, 7) is 4.05. The summed E-state index contributed by atoms with van der Waals surface area (Å²) in [5.41, 5.74) is 9.07. The minimum atomic E-state index is -0.640. The van der Waals surface area contributed by atoms with E-state index < -0.39 is 5.92 Å². The number of hydrogen-bond acceptors (Lipinski definition) is 11. The molecule has 3 N–H and O–H groups in total. The van der Waals surface area contributed by atoms with Gasteiger partial charge in [0.25, 0.3) is 0 Å². The first kappa shape index (κ1) is 30.4. The van der Waals surface area contributed by atoms with Gasteiger partial charge in [-0.15, -0.1) is 10.2 Å². The van der Waals surface area contributed by atoms with Crippen molar-refractivity contribution >= 4 is 57.2 Å². The molecule has 1 atom stereocenters. The summed E-state index contributed by atoms with van der Waals surface area (Å²) in [6.07, 6.45) is 0.875. The topological polar surface area (TPSA) is 143 Å². The Kier molecular flexibility index (Phi) is 8.69. The number of ketones is 1. The van der Waals surface area contributed by atoms with Gasteiger partial charge in [-0.25, -0.2) is 0 Å². The van der Waals surface area contributed by atoms with Gasteiger partial charge < -0.3 is 20.5 Å². The predicted molar refractivity (Wildman–Crippen MR) is 167 cm³/mol. The molecule has 5 rings (SSSR count). The Balaban J connectivity index is 1.43. The molecule has 1 aromatic heterocycles. The third kappa shape index (κ3) is 6.34. The zero-order chi connectivity index (χ0) is 30.9. The van der Waals surface area contributed by atoms with Gasteiger partial charge in [-0.05, 0) is 29.5 Å². The molecule has 2 aromatic carbocycles. The molecule has 222 valence electrons. The minimum absolute atomic E-state index is 0.0496. The molecule has 0 saturated heterocycles. The lowest BCUT2D eigenvalue weighted by Crippen LogP contribution is -2.42. The van der Waals surface area contributed by atoms with Crippen molar-refractivity contribution in [2.75, 3.05) is 30.2 Å². The van der Waals surface area contributed by atoms with E-state index in [0.717, 1.165) is 5.56 Å². The zero-order valence-corrected chi connectivity index (χ0v) is 26.3. The number of thioether (sulfide) groups is 1. The second kappa shape index (κ2) is 12.3. The summed E-state index contributed by atoms with van der Waals surface area (Å²) in [5.74, 6) is 0.417.